The van der Waals surface area contributed by atoms with Crippen LogP contribution in [0.4, 0.5) is 0 Å². The number of aliphatic hydroxyl groups excluding tert-OH is 1. The Morgan fingerprint density at radius 2 is 2.05 bits per heavy atom. The Hall–Kier alpha value is -1.79. The third-order valence-electron chi connectivity index (χ3n) is 3.37. The van der Waals surface area contributed by atoms with Gasteiger partial charge in [0.15, 0.2) is 0 Å². The molecular formula is C17H23NO2. The average Bonchev–Trinajstić information content (AvgIpc) is 2.46. The van der Waals surface area contributed by atoms with E-state index in [1.54, 1.807) is 4.90 Å². The predicted octanol–water partition coefficient (Wildman–Crippen LogP) is 2.43. The molecule has 0 aromatic heterocycles. The van der Waals surface area contributed by atoms with Gasteiger partial charge in [-0.2, -0.15) is 0 Å². The topological polar surface area (TPSA) is 40.5 Å². The van der Waals surface area contributed by atoms with Crippen molar-refractivity contribution in [3.8, 4) is 11.8 Å². The van der Waals surface area contributed by atoms with E-state index in [1.807, 2.05) is 45.2 Å². The molecule has 0 saturated heterocycles. The van der Waals surface area contributed by atoms with E-state index in [0.717, 1.165) is 24.0 Å². The maximum atomic E-state index is 12.2. The van der Waals surface area contributed by atoms with Crippen LogP contribution in [0.15, 0.2) is 24.3 Å². The van der Waals surface area contributed by atoms with E-state index < -0.39 is 0 Å². The summed E-state index contributed by atoms with van der Waals surface area (Å²) in [5.41, 5.74) is 1.91. The van der Waals surface area contributed by atoms with Gasteiger partial charge in [-0.15, -0.1) is 0 Å². The van der Waals surface area contributed by atoms with Gasteiger partial charge < -0.3 is 10.0 Å². The fourth-order valence-electron chi connectivity index (χ4n) is 2.19. The fourth-order valence-corrected chi connectivity index (χ4v) is 2.19. The third-order valence-corrected chi connectivity index (χ3v) is 3.37. The monoisotopic (exact) mass is 273 g/mol. The fraction of sp³-hybridized carbons (Fsp3) is 0.471. The average molecular weight is 273 g/mol. The number of aliphatic hydroxyl groups is 1. The summed E-state index contributed by atoms with van der Waals surface area (Å²) in [5.74, 6) is 5.81. The molecule has 0 fully saturated rings. The number of hydrogen-bond acceptors (Lipinski definition) is 2. The first kappa shape index (κ1) is 16.3. The van der Waals surface area contributed by atoms with E-state index >= 15 is 0 Å². The van der Waals surface area contributed by atoms with Gasteiger partial charge in [0.25, 0.3) is 0 Å². The zero-order chi connectivity index (χ0) is 15.0. The molecule has 0 radical (unpaired) electrons. The van der Waals surface area contributed by atoms with Crippen molar-refractivity contribution in [2.45, 2.75) is 33.2 Å². The smallest absolute Gasteiger partial charge is 0.225 e. The van der Waals surface area contributed by atoms with Crippen molar-refractivity contribution in [2.75, 3.05) is 13.7 Å². The SMILES string of the molecule is CCC(CC)C(=O)N(C)Cc1cccc(C#CCO)c1. The van der Waals surface area contributed by atoms with Crippen LogP contribution in [0.2, 0.25) is 0 Å². The Morgan fingerprint density at radius 3 is 2.65 bits per heavy atom. The minimum absolute atomic E-state index is 0.109. The largest absolute Gasteiger partial charge is 0.384 e. The Labute approximate surface area is 121 Å². The summed E-state index contributed by atoms with van der Waals surface area (Å²) in [6.07, 6.45) is 1.75. The van der Waals surface area contributed by atoms with E-state index in [1.165, 1.54) is 0 Å². The summed E-state index contributed by atoms with van der Waals surface area (Å²) in [6.45, 7) is 4.54. The molecule has 108 valence electrons. The molecule has 1 N–H and O–H groups in total. The van der Waals surface area contributed by atoms with Gasteiger partial charge in [-0.05, 0) is 30.5 Å². The normalized spacial score (nSPS) is 10.1. The van der Waals surface area contributed by atoms with E-state index in [9.17, 15) is 4.79 Å². The van der Waals surface area contributed by atoms with E-state index in [0.29, 0.717) is 6.54 Å². The standard InChI is InChI=1S/C17H23NO2/c1-4-16(5-2)17(20)18(3)13-15-9-6-8-14(12-15)10-7-11-19/h6,8-9,12,16,19H,4-5,11,13H2,1-3H3. The molecule has 1 aromatic carbocycles. The highest BCUT2D eigenvalue weighted by Crippen LogP contribution is 2.14. The maximum absolute atomic E-state index is 12.2. The van der Waals surface area contributed by atoms with Crippen molar-refractivity contribution in [3.63, 3.8) is 0 Å². The first-order valence-corrected chi connectivity index (χ1v) is 7.06. The number of benzene rings is 1. The van der Waals surface area contributed by atoms with Crippen molar-refractivity contribution >= 4 is 5.91 Å². The van der Waals surface area contributed by atoms with E-state index in [2.05, 4.69) is 11.8 Å². The lowest BCUT2D eigenvalue weighted by atomic mass is 10.0. The molecule has 0 aliphatic carbocycles. The second-order valence-corrected chi connectivity index (χ2v) is 4.87. The Kier molecular flexibility index (Phi) is 6.83. The van der Waals surface area contributed by atoms with Crippen LogP contribution >= 0.6 is 0 Å². The molecule has 0 atom stereocenters. The number of nitrogens with zero attached hydrogens (tertiary/aromatic N) is 1. The second-order valence-electron chi connectivity index (χ2n) is 4.87. The first-order valence-electron chi connectivity index (χ1n) is 7.06. The molecule has 1 aromatic rings. The van der Waals surface area contributed by atoms with Gasteiger partial charge in [0, 0.05) is 25.1 Å². The summed E-state index contributed by atoms with van der Waals surface area (Å²) >= 11 is 0. The molecule has 0 saturated carbocycles. The third kappa shape index (κ3) is 4.71. The molecule has 0 spiro atoms. The minimum atomic E-state index is -0.142. The van der Waals surface area contributed by atoms with Crippen LogP contribution in [0.3, 0.4) is 0 Å². The van der Waals surface area contributed by atoms with Crippen LogP contribution in [-0.2, 0) is 11.3 Å². The van der Waals surface area contributed by atoms with Crippen molar-refractivity contribution in [2.24, 2.45) is 5.92 Å². The molecule has 1 amide bonds. The lowest BCUT2D eigenvalue weighted by molar-refractivity contribution is -0.134. The molecule has 0 unspecified atom stereocenters. The van der Waals surface area contributed by atoms with Gasteiger partial charge in [0.05, 0.1) is 0 Å². The number of hydrogen-bond donors (Lipinski definition) is 1. The van der Waals surface area contributed by atoms with Gasteiger partial charge in [0.1, 0.15) is 6.61 Å². The Bertz CT molecular complexity index is 495. The summed E-state index contributed by atoms with van der Waals surface area (Å²) in [5, 5.41) is 8.70. The first-order chi connectivity index (χ1) is 9.62. The van der Waals surface area contributed by atoms with Crippen LogP contribution in [0.5, 0.6) is 0 Å². The van der Waals surface area contributed by atoms with Gasteiger partial charge in [-0.1, -0.05) is 37.8 Å². The van der Waals surface area contributed by atoms with Gasteiger partial charge in [-0.3, -0.25) is 4.79 Å². The van der Waals surface area contributed by atoms with Crippen molar-refractivity contribution in [1.29, 1.82) is 0 Å². The zero-order valence-corrected chi connectivity index (χ0v) is 12.5. The molecule has 3 nitrogen and oxygen atoms in total. The Balaban J connectivity index is 2.75. The zero-order valence-electron chi connectivity index (χ0n) is 12.5. The van der Waals surface area contributed by atoms with Crippen LogP contribution < -0.4 is 0 Å². The Morgan fingerprint density at radius 1 is 1.35 bits per heavy atom. The lowest BCUT2D eigenvalue weighted by Crippen LogP contribution is -2.32. The van der Waals surface area contributed by atoms with Crippen molar-refractivity contribution < 1.29 is 9.90 Å². The molecule has 20 heavy (non-hydrogen) atoms. The molecular weight excluding hydrogens is 250 g/mol. The quantitative estimate of drug-likeness (QED) is 0.837. The van der Waals surface area contributed by atoms with Gasteiger partial charge in [-0.25, -0.2) is 0 Å². The summed E-state index contributed by atoms with van der Waals surface area (Å²) in [4.78, 5) is 14.0. The van der Waals surface area contributed by atoms with E-state index in [-0.39, 0.29) is 18.4 Å². The number of rotatable bonds is 5. The molecule has 0 aliphatic heterocycles. The van der Waals surface area contributed by atoms with Crippen LogP contribution in [0.25, 0.3) is 0 Å². The summed E-state index contributed by atoms with van der Waals surface area (Å²) in [7, 11) is 1.84. The van der Waals surface area contributed by atoms with Gasteiger partial charge in [0.2, 0.25) is 5.91 Å². The maximum Gasteiger partial charge on any atom is 0.225 e. The van der Waals surface area contributed by atoms with Gasteiger partial charge >= 0.3 is 0 Å². The van der Waals surface area contributed by atoms with Crippen molar-refractivity contribution in [1.82, 2.24) is 4.90 Å². The second kappa shape index (κ2) is 8.39. The minimum Gasteiger partial charge on any atom is -0.384 e. The summed E-state index contributed by atoms with van der Waals surface area (Å²) in [6, 6.07) is 7.77. The van der Waals surface area contributed by atoms with Crippen LogP contribution in [-0.4, -0.2) is 29.6 Å². The molecule has 1 rings (SSSR count). The molecule has 3 heteroatoms. The highest BCUT2D eigenvalue weighted by Gasteiger charge is 2.18. The predicted molar refractivity (Wildman–Crippen MR) is 81.0 cm³/mol. The number of carbonyl (C=O) groups excluding carboxylic acids is 1. The lowest BCUT2D eigenvalue weighted by Gasteiger charge is -2.22. The summed E-state index contributed by atoms with van der Waals surface area (Å²) < 4.78 is 0. The highest BCUT2D eigenvalue weighted by molar-refractivity contribution is 5.78. The van der Waals surface area contributed by atoms with Crippen LogP contribution in [0, 0.1) is 17.8 Å². The van der Waals surface area contributed by atoms with Crippen molar-refractivity contribution in [3.05, 3.63) is 35.4 Å². The highest BCUT2D eigenvalue weighted by atomic mass is 16.2. The molecule has 0 heterocycles. The number of amides is 1. The van der Waals surface area contributed by atoms with E-state index in [4.69, 9.17) is 5.11 Å². The number of carbonyl (C=O) groups is 1. The molecule has 0 bridgehead atoms. The molecule has 0 aliphatic rings. The van der Waals surface area contributed by atoms with Crippen LogP contribution in [0.1, 0.15) is 37.8 Å².